The minimum atomic E-state index is 0.637. The molecule has 0 aromatic heterocycles. The summed E-state index contributed by atoms with van der Waals surface area (Å²) >= 11 is 0. The smallest absolute Gasteiger partial charge is 0.101 e. The van der Waals surface area contributed by atoms with Gasteiger partial charge in [0, 0.05) is 25.5 Å². The highest BCUT2D eigenvalue weighted by Crippen LogP contribution is 2.24. The van der Waals surface area contributed by atoms with Crippen LogP contribution in [0.15, 0.2) is 12.4 Å². The lowest BCUT2D eigenvalue weighted by atomic mass is 10.0. The van der Waals surface area contributed by atoms with Gasteiger partial charge in [-0.25, -0.2) is 0 Å². The van der Waals surface area contributed by atoms with E-state index in [4.69, 9.17) is 0 Å². The molecule has 0 fully saturated rings. The fourth-order valence-electron chi connectivity index (χ4n) is 8.48. The lowest BCUT2D eigenvalue weighted by molar-refractivity contribution is 0.135. The summed E-state index contributed by atoms with van der Waals surface area (Å²) in [6.45, 7) is 9.49. The van der Waals surface area contributed by atoms with Gasteiger partial charge in [-0.3, -0.25) is 0 Å². The first kappa shape index (κ1) is 48.4. The molecule has 1 rings (SSSR count). The summed E-state index contributed by atoms with van der Waals surface area (Å²) in [4.78, 5) is 5.47. The molecule has 0 saturated carbocycles. The predicted molar refractivity (Wildman–Crippen MR) is 233 cm³/mol. The number of nitrogens with zero attached hydrogens (tertiary/aromatic N) is 2. The third-order valence-electron chi connectivity index (χ3n) is 12.1. The number of hydrogen-bond donors (Lipinski definition) is 0. The van der Waals surface area contributed by atoms with Crippen molar-refractivity contribution in [2.75, 3.05) is 13.1 Å². The van der Waals surface area contributed by atoms with Gasteiger partial charge >= 0.3 is 0 Å². The van der Waals surface area contributed by atoms with Gasteiger partial charge in [0.1, 0.15) is 6.17 Å². The van der Waals surface area contributed by atoms with E-state index in [1.807, 2.05) is 0 Å². The van der Waals surface area contributed by atoms with Crippen LogP contribution in [0.3, 0.4) is 0 Å². The fraction of sp³-hybridized carbons (Fsp3) is 0.959. The van der Waals surface area contributed by atoms with E-state index >= 15 is 0 Å². The molecule has 304 valence electrons. The molecule has 1 atom stereocenters. The molecule has 0 aromatic rings. The Morgan fingerprint density at radius 1 is 0.255 bits per heavy atom. The average Bonchev–Trinajstić information content (AvgIpc) is 3.53. The van der Waals surface area contributed by atoms with Gasteiger partial charge in [-0.05, 0) is 25.7 Å². The Labute approximate surface area is 324 Å². The van der Waals surface area contributed by atoms with Gasteiger partial charge in [0.2, 0.25) is 0 Å². The predicted octanol–water partition coefficient (Wildman–Crippen LogP) is 17.5. The highest BCUT2D eigenvalue weighted by atomic mass is 15.4. The third-order valence-corrected chi connectivity index (χ3v) is 12.1. The van der Waals surface area contributed by atoms with Crippen LogP contribution in [-0.4, -0.2) is 29.1 Å². The Hall–Kier alpha value is -0.660. The highest BCUT2D eigenvalue weighted by Gasteiger charge is 2.24. The largest absolute Gasteiger partial charge is 0.356 e. The first-order valence-corrected chi connectivity index (χ1v) is 24.5. The molecule has 1 heterocycles. The second-order valence-corrected chi connectivity index (χ2v) is 17.1. The molecule has 0 aromatic carbocycles. The molecular formula is C49H98N2. The van der Waals surface area contributed by atoms with Crippen LogP contribution in [0.25, 0.3) is 0 Å². The number of rotatable bonds is 43. The van der Waals surface area contributed by atoms with E-state index in [9.17, 15) is 0 Å². The van der Waals surface area contributed by atoms with Gasteiger partial charge in [0.25, 0.3) is 0 Å². The molecule has 1 aliphatic rings. The van der Waals surface area contributed by atoms with Crippen LogP contribution in [0.2, 0.25) is 0 Å². The van der Waals surface area contributed by atoms with Crippen molar-refractivity contribution in [2.24, 2.45) is 0 Å². The number of unbranched alkanes of at least 4 members (excludes halogenated alkanes) is 37. The van der Waals surface area contributed by atoms with Crippen molar-refractivity contribution < 1.29 is 0 Å². The van der Waals surface area contributed by atoms with Gasteiger partial charge in [-0.2, -0.15) is 0 Å². The molecule has 2 nitrogen and oxygen atoms in total. The molecule has 0 spiro atoms. The quantitative estimate of drug-likeness (QED) is 0.0580. The van der Waals surface area contributed by atoms with Crippen molar-refractivity contribution in [2.45, 2.75) is 290 Å². The molecular weight excluding hydrogens is 617 g/mol. The summed E-state index contributed by atoms with van der Waals surface area (Å²) in [6, 6.07) is 0. The van der Waals surface area contributed by atoms with Gasteiger partial charge in [-0.1, -0.05) is 258 Å². The summed E-state index contributed by atoms with van der Waals surface area (Å²) in [5.74, 6) is 0. The van der Waals surface area contributed by atoms with E-state index in [2.05, 4.69) is 43.0 Å². The summed E-state index contributed by atoms with van der Waals surface area (Å²) < 4.78 is 0. The molecule has 0 aliphatic carbocycles. The Morgan fingerprint density at radius 3 is 0.686 bits per heavy atom. The van der Waals surface area contributed by atoms with Crippen LogP contribution in [0.1, 0.15) is 284 Å². The van der Waals surface area contributed by atoms with Crippen LogP contribution in [0.5, 0.6) is 0 Å². The van der Waals surface area contributed by atoms with Gasteiger partial charge < -0.3 is 9.80 Å². The van der Waals surface area contributed by atoms with Crippen molar-refractivity contribution >= 4 is 0 Å². The maximum Gasteiger partial charge on any atom is 0.101 e. The van der Waals surface area contributed by atoms with Crippen LogP contribution < -0.4 is 0 Å². The molecule has 0 N–H and O–H groups in total. The van der Waals surface area contributed by atoms with E-state index in [1.54, 1.807) is 0 Å². The fourth-order valence-corrected chi connectivity index (χ4v) is 8.48. The van der Waals surface area contributed by atoms with E-state index in [-0.39, 0.29) is 0 Å². The van der Waals surface area contributed by atoms with Crippen molar-refractivity contribution in [1.29, 1.82) is 0 Å². The van der Waals surface area contributed by atoms with Crippen LogP contribution in [-0.2, 0) is 0 Å². The topological polar surface area (TPSA) is 6.48 Å². The summed E-state index contributed by atoms with van der Waals surface area (Å²) in [5.41, 5.74) is 0. The Balaban J connectivity index is 2.15. The standard InChI is InChI=1S/C49H98N2/c1-4-7-10-13-16-19-21-23-25-26-28-30-32-34-37-40-43-46-51-48-47-50(45-42-39-36-18-15-12-9-6-3)49(51)44-41-38-35-33-31-29-27-24-22-20-17-14-11-8-5-2/h47-49H,4-46H2,1-3H3. The first-order chi connectivity index (χ1) is 25.3. The number of hydrogen-bond acceptors (Lipinski definition) is 2. The van der Waals surface area contributed by atoms with Crippen LogP contribution in [0, 0.1) is 0 Å². The maximum absolute atomic E-state index is 2.74. The zero-order valence-corrected chi connectivity index (χ0v) is 36.0. The minimum absolute atomic E-state index is 0.637. The van der Waals surface area contributed by atoms with Crippen LogP contribution >= 0.6 is 0 Å². The van der Waals surface area contributed by atoms with Crippen molar-refractivity contribution in [3.05, 3.63) is 12.4 Å². The zero-order chi connectivity index (χ0) is 36.6. The average molecular weight is 715 g/mol. The van der Waals surface area contributed by atoms with Crippen molar-refractivity contribution in [3.63, 3.8) is 0 Å². The normalized spacial score (nSPS) is 14.5. The molecule has 0 bridgehead atoms. The maximum atomic E-state index is 2.74. The molecule has 51 heavy (non-hydrogen) atoms. The van der Waals surface area contributed by atoms with E-state index < -0.39 is 0 Å². The van der Waals surface area contributed by atoms with Gasteiger partial charge in [0.15, 0.2) is 0 Å². The monoisotopic (exact) mass is 715 g/mol. The molecule has 0 amide bonds. The third kappa shape index (κ3) is 32.5. The highest BCUT2D eigenvalue weighted by molar-refractivity contribution is 4.97. The molecule has 2 heteroatoms. The Bertz CT molecular complexity index is 673. The Kier molecular flexibility index (Phi) is 38.4. The second-order valence-electron chi connectivity index (χ2n) is 17.1. The lowest BCUT2D eigenvalue weighted by Crippen LogP contribution is -2.39. The summed E-state index contributed by atoms with van der Waals surface area (Å²) in [5, 5.41) is 0. The minimum Gasteiger partial charge on any atom is -0.356 e. The first-order valence-electron chi connectivity index (χ1n) is 24.5. The summed E-state index contributed by atoms with van der Waals surface area (Å²) in [6.07, 6.45) is 64.9. The molecule has 0 saturated heterocycles. The van der Waals surface area contributed by atoms with E-state index in [0.717, 1.165) is 0 Å². The summed E-state index contributed by atoms with van der Waals surface area (Å²) in [7, 11) is 0. The van der Waals surface area contributed by atoms with Crippen molar-refractivity contribution in [3.8, 4) is 0 Å². The van der Waals surface area contributed by atoms with Gasteiger partial charge in [0.05, 0.1) is 0 Å². The molecule has 1 unspecified atom stereocenters. The Morgan fingerprint density at radius 2 is 0.451 bits per heavy atom. The van der Waals surface area contributed by atoms with Crippen LogP contribution in [0.4, 0.5) is 0 Å². The van der Waals surface area contributed by atoms with E-state index in [1.165, 1.54) is 276 Å². The van der Waals surface area contributed by atoms with E-state index in [0.29, 0.717) is 6.17 Å². The zero-order valence-electron chi connectivity index (χ0n) is 36.0. The molecule has 0 radical (unpaired) electrons. The lowest BCUT2D eigenvalue weighted by Gasteiger charge is -2.33. The SMILES string of the molecule is CCCCCCCCCCCCCCCCCCCN1C=CN(CCCCCCCCCC)C1CCCCCCCCCCCCCCCCC. The van der Waals surface area contributed by atoms with Crippen molar-refractivity contribution in [1.82, 2.24) is 9.80 Å². The second kappa shape index (κ2) is 40.5. The molecule has 1 aliphatic heterocycles. The van der Waals surface area contributed by atoms with Gasteiger partial charge in [-0.15, -0.1) is 0 Å².